The van der Waals surface area contributed by atoms with E-state index in [4.69, 9.17) is 9.47 Å². The molecule has 16 heavy (non-hydrogen) atoms. The zero-order valence-corrected chi connectivity index (χ0v) is 9.32. The molecule has 0 unspecified atom stereocenters. The van der Waals surface area contributed by atoms with Gasteiger partial charge in [0.05, 0.1) is 0 Å². The molecule has 1 aromatic rings. The van der Waals surface area contributed by atoms with Crippen molar-refractivity contribution < 1.29 is 19.4 Å². The summed E-state index contributed by atoms with van der Waals surface area (Å²) in [5, 5.41) is 9.26. The molecule has 0 radical (unpaired) electrons. The Bertz CT molecular complexity index is 409. The highest BCUT2D eigenvalue weighted by Crippen LogP contribution is 2.31. The predicted molar refractivity (Wildman–Crippen MR) is 59.7 cm³/mol. The number of benzene rings is 1. The average Bonchev–Trinajstić information content (AvgIpc) is 2.15. The van der Waals surface area contributed by atoms with Gasteiger partial charge in [-0.1, -0.05) is 6.58 Å². The Morgan fingerprint density at radius 1 is 1.38 bits per heavy atom. The first-order valence-corrected chi connectivity index (χ1v) is 4.77. The van der Waals surface area contributed by atoms with Crippen LogP contribution in [0.5, 0.6) is 17.2 Å². The van der Waals surface area contributed by atoms with Crippen LogP contribution in [0.15, 0.2) is 30.4 Å². The van der Waals surface area contributed by atoms with Gasteiger partial charge < -0.3 is 14.6 Å². The maximum Gasteiger partial charge on any atom is 0.308 e. The number of hydrogen-bond donors (Lipinski definition) is 1. The van der Waals surface area contributed by atoms with Gasteiger partial charge in [0.25, 0.3) is 0 Å². The predicted octanol–water partition coefficient (Wildman–Crippen LogP) is 2.27. The second-order valence-corrected chi connectivity index (χ2v) is 3.47. The maximum absolute atomic E-state index is 10.8. The Morgan fingerprint density at radius 2 is 2.06 bits per heavy atom. The second-order valence-electron chi connectivity index (χ2n) is 3.47. The molecule has 0 saturated heterocycles. The molecule has 0 fully saturated rings. The zero-order valence-electron chi connectivity index (χ0n) is 9.32. The van der Waals surface area contributed by atoms with Gasteiger partial charge in [0.2, 0.25) is 0 Å². The standard InChI is InChI=1S/C12H14O4/c1-8(2)7-15-11-5-4-10(14)6-12(11)16-9(3)13/h4-6,14H,1,7H2,2-3H3. The van der Waals surface area contributed by atoms with Crippen LogP contribution in [-0.2, 0) is 4.79 Å². The van der Waals surface area contributed by atoms with Crippen LogP contribution < -0.4 is 9.47 Å². The number of ether oxygens (including phenoxy) is 2. The molecule has 1 N–H and O–H groups in total. The third kappa shape index (κ3) is 3.65. The van der Waals surface area contributed by atoms with E-state index >= 15 is 0 Å². The summed E-state index contributed by atoms with van der Waals surface area (Å²) in [5.41, 5.74) is 0.849. The number of rotatable bonds is 4. The fraction of sp³-hybridized carbons (Fsp3) is 0.250. The van der Waals surface area contributed by atoms with E-state index in [0.29, 0.717) is 12.4 Å². The molecule has 0 aliphatic carbocycles. The molecule has 1 aromatic carbocycles. The molecule has 4 heteroatoms. The average molecular weight is 222 g/mol. The van der Waals surface area contributed by atoms with Crippen LogP contribution in [0.1, 0.15) is 13.8 Å². The van der Waals surface area contributed by atoms with Gasteiger partial charge in [-0.05, 0) is 24.6 Å². The Hall–Kier alpha value is -1.97. The summed E-state index contributed by atoms with van der Waals surface area (Å²) in [4.78, 5) is 10.8. The summed E-state index contributed by atoms with van der Waals surface area (Å²) in [6.07, 6.45) is 0. The summed E-state index contributed by atoms with van der Waals surface area (Å²) in [6, 6.07) is 4.33. The van der Waals surface area contributed by atoms with Crippen molar-refractivity contribution in [3.8, 4) is 17.2 Å². The van der Waals surface area contributed by atoms with Crippen molar-refractivity contribution in [3.05, 3.63) is 30.4 Å². The van der Waals surface area contributed by atoms with Gasteiger partial charge in [-0.15, -0.1) is 0 Å². The van der Waals surface area contributed by atoms with Crippen LogP contribution in [0.4, 0.5) is 0 Å². The van der Waals surface area contributed by atoms with Crippen molar-refractivity contribution in [1.29, 1.82) is 0 Å². The third-order valence-corrected chi connectivity index (χ3v) is 1.66. The fourth-order valence-electron chi connectivity index (χ4n) is 1.05. The van der Waals surface area contributed by atoms with E-state index < -0.39 is 5.97 Å². The normalized spacial score (nSPS) is 9.62. The van der Waals surface area contributed by atoms with Crippen LogP contribution in [0.25, 0.3) is 0 Å². The Balaban J connectivity index is 2.88. The minimum Gasteiger partial charge on any atom is -0.508 e. The summed E-state index contributed by atoms with van der Waals surface area (Å²) in [7, 11) is 0. The second kappa shape index (κ2) is 5.21. The van der Waals surface area contributed by atoms with Crippen LogP contribution in [0.2, 0.25) is 0 Å². The minimum atomic E-state index is -0.467. The minimum absolute atomic E-state index is 0.0129. The van der Waals surface area contributed by atoms with E-state index in [-0.39, 0.29) is 11.5 Å². The van der Waals surface area contributed by atoms with Gasteiger partial charge >= 0.3 is 5.97 Å². The molecule has 0 spiro atoms. The number of carbonyl (C=O) groups excluding carboxylic acids is 1. The highest BCUT2D eigenvalue weighted by atomic mass is 16.6. The summed E-state index contributed by atoms with van der Waals surface area (Å²) >= 11 is 0. The molecule has 1 rings (SSSR count). The van der Waals surface area contributed by atoms with Crippen molar-refractivity contribution >= 4 is 5.97 Å². The van der Waals surface area contributed by atoms with Gasteiger partial charge in [0.1, 0.15) is 12.4 Å². The molecule has 4 nitrogen and oxygen atoms in total. The lowest BCUT2D eigenvalue weighted by Gasteiger charge is -2.10. The van der Waals surface area contributed by atoms with Gasteiger partial charge in [-0.3, -0.25) is 4.79 Å². The van der Waals surface area contributed by atoms with E-state index in [0.717, 1.165) is 5.57 Å². The number of phenols is 1. The van der Waals surface area contributed by atoms with Crippen molar-refractivity contribution in [2.24, 2.45) is 0 Å². The summed E-state index contributed by atoms with van der Waals surface area (Å²) in [6.45, 7) is 7.14. The van der Waals surface area contributed by atoms with E-state index in [1.807, 2.05) is 6.92 Å². The van der Waals surface area contributed by atoms with Crippen LogP contribution in [0, 0.1) is 0 Å². The molecule has 0 amide bonds. The molecule has 0 aromatic heterocycles. The number of aromatic hydroxyl groups is 1. The van der Waals surface area contributed by atoms with Gasteiger partial charge in [0, 0.05) is 13.0 Å². The van der Waals surface area contributed by atoms with Gasteiger partial charge in [0.15, 0.2) is 11.5 Å². The van der Waals surface area contributed by atoms with Crippen LogP contribution >= 0.6 is 0 Å². The van der Waals surface area contributed by atoms with Gasteiger partial charge in [-0.25, -0.2) is 0 Å². The van der Waals surface area contributed by atoms with E-state index in [2.05, 4.69) is 6.58 Å². The molecule has 0 bridgehead atoms. The number of carbonyl (C=O) groups is 1. The monoisotopic (exact) mass is 222 g/mol. The zero-order chi connectivity index (χ0) is 12.1. The quantitative estimate of drug-likeness (QED) is 0.482. The van der Waals surface area contributed by atoms with Crippen LogP contribution in [-0.4, -0.2) is 17.7 Å². The SMILES string of the molecule is C=C(C)COc1ccc(O)cc1OC(C)=O. The molecular weight excluding hydrogens is 208 g/mol. The highest BCUT2D eigenvalue weighted by Gasteiger charge is 2.08. The number of esters is 1. The first-order valence-electron chi connectivity index (χ1n) is 4.77. The molecule has 0 aliphatic rings. The molecule has 0 atom stereocenters. The van der Waals surface area contributed by atoms with E-state index in [9.17, 15) is 9.90 Å². The summed E-state index contributed by atoms with van der Waals surface area (Å²) < 4.78 is 10.3. The Morgan fingerprint density at radius 3 is 2.62 bits per heavy atom. The highest BCUT2D eigenvalue weighted by molar-refractivity contribution is 5.70. The Kier molecular flexibility index (Phi) is 3.94. The smallest absolute Gasteiger partial charge is 0.308 e. The lowest BCUT2D eigenvalue weighted by Crippen LogP contribution is -2.05. The van der Waals surface area contributed by atoms with Crippen molar-refractivity contribution in [2.75, 3.05) is 6.61 Å². The fourth-order valence-corrected chi connectivity index (χ4v) is 1.05. The molecule has 86 valence electrons. The van der Waals surface area contributed by atoms with E-state index in [1.165, 1.54) is 25.1 Å². The van der Waals surface area contributed by atoms with Gasteiger partial charge in [-0.2, -0.15) is 0 Å². The van der Waals surface area contributed by atoms with Crippen molar-refractivity contribution in [3.63, 3.8) is 0 Å². The molecule has 0 aliphatic heterocycles. The third-order valence-electron chi connectivity index (χ3n) is 1.66. The van der Waals surface area contributed by atoms with Crippen molar-refractivity contribution in [1.82, 2.24) is 0 Å². The topological polar surface area (TPSA) is 55.8 Å². The van der Waals surface area contributed by atoms with Crippen molar-refractivity contribution in [2.45, 2.75) is 13.8 Å². The first kappa shape index (κ1) is 12.1. The Labute approximate surface area is 94.1 Å². The lowest BCUT2D eigenvalue weighted by atomic mass is 10.3. The molecular formula is C12H14O4. The maximum atomic E-state index is 10.8. The molecule has 0 heterocycles. The summed E-state index contributed by atoms with van der Waals surface area (Å²) in [5.74, 6) is 0.148. The largest absolute Gasteiger partial charge is 0.508 e. The number of hydrogen-bond acceptors (Lipinski definition) is 4. The lowest BCUT2D eigenvalue weighted by molar-refractivity contribution is -0.132. The first-order chi connectivity index (χ1) is 7.49. The number of phenolic OH excluding ortho intramolecular Hbond substituents is 1. The van der Waals surface area contributed by atoms with E-state index in [1.54, 1.807) is 0 Å². The molecule has 0 saturated carbocycles. The van der Waals surface area contributed by atoms with Crippen LogP contribution in [0.3, 0.4) is 0 Å².